The maximum Gasteiger partial charge on any atom is 0.296 e. The van der Waals surface area contributed by atoms with E-state index in [2.05, 4.69) is 77.2 Å². The molecular formula is C42H62ClN3O6S2. The minimum atomic E-state index is -3.70. The highest BCUT2D eigenvalue weighted by Gasteiger charge is 2.17. The van der Waals surface area contributed by atoms with E-state index in [-0.39, 0.29) is 33.8 Å². The zero-order valence-corrected chi connectivity index (χ0v) is 36.4. The molecule has 0 bridgehead atoms. The monoisotopic (exact) mass is 803 g/mol. The predicted molar refractivity (Wildman–Crippen MR) is 222 cm³/mol. The van der Waals surface area contributed by atoms with Crippen LogP contribution in [0.3, 0.4) is 0 Å². The first-order valence-corrected chi connectivity index (χ1v) is 22.0. The summed E-state index contributed by atoms with van der Waals surface area (Å²) in [5.74, 6) is 0. The van der Waals surface area contributed by atoms with Crippen LogP contribution in [0.5, 0.6) is 0 Å². The third-order valence-corrected chi connectivity index (χ3v) is 10.9. The molecule has 2 heterocycles. The summed E-state index contributed by atoms with van der Waals surface area (Å²) in [5.41, 5.74) is 6.28. The van der Waals surface area contributed by atoms with Crippen LogP contribution >= 0.6 is 10.7 Å². The molecular weight excluding hydrogens is 742 g/mol. The first-order valence-electron chi connectivity index (χ1n) is 18.3. The van der Waals surface area contributed by atoms with Gasteiger partial charge in [-0.3, -0.25) is 14.2 Å². The van der Waals surface area contributed by atoms with Gasteiger partial charge in [0, 0.05) is 51.9 Å². The zero-order valence-electron chi connectivity index (χ0n) is 34.1. The molecule has 0 amide bonds. The van der Waals surface area contributed by atoms with E-state index in [9.17, 15) is 16.8 Å². The Labute approximate surface area is 330 Å². The van der Waals surface area contributed by atoms with Gasteiger partial charge in [-0.1, -0.05) is 110 Å². The Hall–Kier alpha value is -3.19. The van der Waals surface area contributed by atoms with Crippen molar-refractivity contribution in [2.45, 2.75) is 110 Å². The van der Waals surface area contributed by atoms with E-state index >= 15 is 0 Å². The Morgan fingerprint density at radius 3 is 1.31 bits per heavy atom. The normalized spacial score (nSPS) is 11.7. The van der Waals surface area contributed by atoms with Crippen LogP contribution in [0.15, 0.2) is 95.0 Å². The molecule has 1 N–H and O–H groups in total. The van der Waals surface area contributed by atoms with E-state index < -0.39 is 19.2 Å². The summed E-state index contributed by atoms with van der Waals surface area (Å²) in [6.45, 7) is 26.9. The number of aliphatic hydroxyl groups excluding tert-OH is 1. The second-order valence-electron chi connectivity index (χ2n) is 14.8. The molecule has 54 heavy (non-hydrogen) atoms. The number of pyridine rings is 2. The summed E-state index contributed by atoms with van der Waals surface area (Å²) in [7, 11) is -2.16. The van der Waals surface area contributed by atoms with Gasteiger partial charge in [0.2, 0.25) is 0 Å². The lowest BCUT2D eigenvalue weighted by Gasteiger charge is -2.17. The van der Waals surface area contributed by atoms with E-state index in [1.807, 2.05) is 44.3 Å². The molecule has 0 saturated carbocycles. The number of halogens is 1. The van der Waals surface area contributed by atoms with E-state index in [0.29, 0.717) is 12.8 Å². The maximum atomic E-state index is 12.1. The average Bonchev–Trinajstić information content (AvgIpc) is 3.10. The van der Waals surface area contributed by atoms with E-state index in [1.165, 1.54) is 31.8 Å². The highest BCUT2D eigenvalue weighted by molar-refractivity contribution is 8.13. The molecule has 0 aliphatic carbocycles. The number of nitrogens with zero attached hydrogens (tertiary/aromatic N) is 3. The number of rotatable bonds is 11. The second kappa shape index (κ2) is 23.0. The Morgan fingerprint density at radius 1 is 0.630 bits per heavy atom. The van der Waals surface area contributed by atoms with Crippen LogP contribution in [0.25, 0.3) is 0 Å². The maximum absolute atomic E-state index is 12.1. The Kier molecular flexibility index (Phi) is 20.8. The smallest absolute Gasteiger partial charge is 0.296 e. The Morgan fingerprint density at radius 2 is 1.02 bits per heavy atom. The summed E-state index contributed by atoms with van der Waals surface area (Å²) in [4.78, 5) is 11.5. The molecule has 2 aromatic carbocycles. The van der Waals surface area contributed by atoms with Gasteiger partial charge < -0.3 is 10.0 Å². The number of hydrogen-bond acceptors (Lipinski definition) is 9. The summed E-state index contributed by atoms with van der Waals surface area (Å²) in [5, 5.41) is 8.72. The van der Waals surface area contributed by atoms with Gasteiger partial charge in [0.1, 0.15) is 0 Å². The zero-order chi connectivity index (χ0) is 41.2. The number of aliphatic hydroxyl groups is 1. The standard InChI is InChI=1S/C18H23NO3S.C11H17NO.C7H7ClO2S.C6H15N/c1-14-5-8-16(9-6-14)23(20,21)22-12-11-15-7-10-17(19-13-15)18(2,3)4;1-11(2,3)10-5-4-9(6-7-13)8-12-10;1-6-2-4-7(5-3-6)11(8,9)10;1-4-7(5-2)6-3/h5-10,13H,11-12H2,1-4H3;4-5,8,13H,6-7H2,1-3H3;2-5H,1H3;4-6H2,1-3H3. The predicted octanol–water partition coefficient (Wildman–Crippen LogP) is 8.82. The van der Waals surface area contributed by atoms with Crippen molar-refractivity contribution in [3.8, 4) is 0 Å². The number of aromatic nitrogens is 2. The molecule has 0 radical (unpaired) electrons. The van der Waals surface area contributed by atoms with Crippen LogP contribution in [-0.2, 0) is 47.0 Å². The lowest BCUT2D eigenvalue weighted by molar-refractivity contribution is 0.299. The molecule has 9 nitrogen and oxygen atoms in total. The van der Waals surface area contributed by atoms with Gasteiger partial charge in [-0.25, -0.2) is 8.42 Å². The first-order chi connectivity index (χ1) is 25.1. The van der Waals surface area contributed by atoms with E-state index in [1.54, 1.807) is 42.6 Å². The van der Waals surface area contributed by atoms with Crippen LogP contribution < -0.4 is 0 Å². The summed E-state index contributed by atoms with van der Waals surface area (Å²) < 4.78 is 50.7. The second-order valence-corrected chi connectivity index (χ2v) is 19.0. The third kappa shape index (κ3) is 18.9. The molecule has 12 heteroatoms. The number of hydrogen-bond donors (Lipinski definition) is 1. The number of benzene rings is 2. The van der Waals surface area contributed by atoms with Gasteiger partial charge in [-0.2, -0.15) is 8.42 Å². The molecule has 4 rings (SSSR count). The minimum Gasteiger partial charge on any atom is -0.396 e. The highest BCUT2D eigenvalue weighted by Crippen LogP contribution is 2.21. The van der Waals surface area contributed by atoms with Gasteiger partial charge in [-0.05, 0) is 93.8 Å². The minimum absolute atomic E-state index is 0.00378. The van der Waals surface area contributed by atoms with Crippen molar-refractivity contribution >= 4 is 29.9 Å². The fraction of sp³-hybridized carbons (Fsp3) is 0.476. The summed E-state index contributed by atoms with van der Waals surface area (Å²) >= 11 is 0. The molecule has 300 valence electrons. The Bertz CT molecular complexity index is 1840. The van der Waals surface area contributed by atoms with Crippen LogP contribution in [0.4, 0.5) is 0 Å². The number of aryl methyl sites for hydroxylation is 2. The van der Waals surface area contributed by atoms with Crippen LogP contribution in [-0.4, -0.2) is 69.7 Å². The van der Waals surface area contributed by atoms with Crippen LogP contribution in [0.2, 0.25) is 0 Å². The largest absolute Gasteiger partial charge is 0.396 e. The SMILES string of the molecule is CC(C)(C)c1ccc(CCO)cn1.CCN(CC)CC.Cc1ccc(S(=O)(=O)Cl)cc1.Cc1ccc(S(=O)(=O)OCCc2ccc(C(C)(C)C)nc2)cc1. The third-order valence-electron chi connectivity index (χ3n) is 8.17. The lowest BCUT2D eigenvalue weighted by atomic mass is 9.91. The van der Waals surface area contributed by atoms with Crippen molar-refractivity contribution in [3.05, 3.63) is 119 Å². The topological polar surface area (TPSA) is 127 Å². The average molecular weight is 805 g/mol. The van der Waals surface area contributed by atoms with Gasteiger partial charge in [-0.15, -0.1) is 0 Å². The van der Waals surface area contributed by atoms with Gasteiger partial charge in [0.05, 0.1) is 16.4 Å². The van der Waals surface area contributed by atoms with Crippen molar-refractivity contribution in [3.63, 3.8) is 0 Å². The van der Waals surface area contributed by atoms with Crippen molar-refractivity contribution < 1.29 is 26.1 Å². The van der Waals surface area contributed by atoms with Crippen molar-refractivity contribution in [2.24, 2.45) is 0 Å². The molecule has 4 aromatic rings. The van der Waals surface area contributed by atoms with Crippen molar-refractivity contribution in [2.75, 3.05) is 32.8 Å². The van der Waals surface area contributed by atoms with E-state index in [4.69, 9.17) is 20.0 Å². The van der Waals surface area contributed by atoms with E-state index in [0.717, 1.165) is 33.6 Å². The fourth-order valence-electron chi connectivity index (χ4n) is 4.57. The molecule has 0 aliphatic rings. The Balaban J connectivity index is 0.000000398. The highest BCUT2D eigenvalue weighted by atomic mass is 35.7. The van der Waals surface area contributed by atoms with Crippen molar-refractivity contribution in [1.82, 2.24) is 14.9 Å². The van der Waals surface area contributed by atoms with Crippen LogP contribution in [0.1, 0.15) is 96.0 Å². The van der Waals surface area contributed by atoms with Gasteiger partial charge in [0.15, 0.2) is 0 Å². The van der Waals surface area contributed by atoms with Gasteiger partial charge >= 0.3 is 0 Å². The van der Waals surface area contributed by atoms with Crippen molar-refractivity contribution in [1.29, 1.82) is 0 Å². The summed E-state index contributed by atoms with van der Waals surface area (Å²) in [6.07, 6.45) is 4.82. The molecule has 0 spiro atoms. The van der Waals surface area contributed by atoms with Gasteiger partial charge in [0.25, 0.3) is 19.2 Å². The molecule has 0 atom stereocenters. The molecule has 0 fully saturated rings. The molecule has 0 unspecified atom stereocenters. The fourth-order valence-corrected chi connectivity index (χ4v) is 6.25. The molecule has 0 saturated heterocycles. The molecule has 2 aromatic heterocycles. The first kappa shape index (κ1) is 48.8. The lowest BCUT2D eigenvalue weighted by Crippen LogP contribution is -2.21. The molecule has 0 aliphatic heterocycles. The summed E-state index contributed by atoms with van der Waals surface area (Å²) in [6, 6.07) is 21.0. The quantitative estimate of drug-likeness (QED) is 0.117. The van der Waals surface area contributed by atoms with Crippen LogP contribution in [0, 0.1) is 13.8 Å².